The molecule has 1 heterocycles. The molecule has 0 aromatic carbocycles. The summed E-state index contributed by atoms with van der Waals surface area (Å²) < 4.78 is 0. The lowest BCUT2D eigenvalue weighted by atomic mass is 10.0. The molecule has 1 fully saturated rings. The van der Waals surface area contributed by atoms with Crippen LogP contribution in [0.1, 0.15) is 12.8 Å². The van der Waals surface area contributed by atoms with Gasteiger partial charge in [0.15, 0.2) is 0 Å². The minimum atomic E-state index is -0.912. The summed E-state index contributed by atoms with van der Waals surface area (Å²) in [5, 5.41) is 9.90. The van der Waals surface area contributed by atoms with E-state index in [0.29, 0.717) is 19.5 Å². The molecule has 1 rings (SSSR count). The van der Waals surface area contributed by atoms with E-state index in [1.54, 1.807) is 7.05 Å². The maximum atomic E-state index is 11.4. The summed E-state index contributed by atoms with van der Waals surface area (Å²) >= 11 is 0. The number of carbonyl (C=O) groups excluding carboxylic acids is 1. The molecule has 1 aliphatic heterocycles. The maximum absolute atomic E-state index is 11.4. The number of hydrogen-bond donors (Lipinski definition) is 1. The van der Waals surface area contributed by atoms with Gasteiger partial charge in [-0.2, -0.15) is 0 Å². The van der Waals surface area contributed by atoms with Crippen LogP contribution in [0.5, 0.6) is 0 Å². The van der Waals surface area contributed by atoms with Gasteiger partial charge in [0.1, 0.15) is 0 Å². The lowest BCUT2D eigenvalue weighted by Crippen LogP contribution is -2.30. The topological polar surface area (TPSA) is 70.1 Å². The number of amides is 2. The summed E-state index contributed by atoms with van der Waals surface area (Å²) in [7, 11) is 2.97. The third-order valence-electron chi connectivity index (χ3n) is 2.64. The van der Waals surface area contributed by atoms with Gasteiger partial charge in [0.2, 0.25) is 5.91 Å². The Bertz CT molecular complexity index is 256. The lowest BCUT2D eigenvalue weighted by molar-refractivity contribution is -0.169. The average molecular weight is 216 g/mol. The molecule has 86 valence electrons. The second-order valence-electron chi connectivity index (χ2n) is 3.66. The molecule has 1 aliphatic rings. The van der Waals surface area contributed by atoms with Crippen molar-refractivity contribution in [1.29, 1.82) is 0 Å². The SMILES string of the molecule is CON(C)C(=O)C[C@@H]1CCN(C(=O)O)C1. The number of rotatable bonds is 3. The van der Waals surface area contributed by atoms with Gasteiger partial charge >= 0.3 is 6.09 Å². The maximum Gasteiger partial charge on any atom is 0.407 e. The molecular formula is C9H16N2O4. The minimum Gasteiger partial charge on any atom is -0.465 e. The van der Waals surface area contributed by atoms with Gasteiger partial charge in [0, 0.05) is 26.6 Å². The molecule has 0 aromatic heterocycles. The first-order valence-electron chi connectivity index (χ1n) is 4.83. The molecule has 0 bridgehead atoms. The van der Waals surface area contributed by atoms with E-state index in [1.807, 2.05) is 0 Å². The molecule has 0 spiro atoms. The number of hydroxylamine groups is 2. The second-order valence-corrected chi connectivity index (χ2v) is 3.66. The van der Waals surface area contributed by atoms with Crippen molar-refractivity contribution in [1.82, 2.24) is 9.96 Å². The van der Waals surface area contributed by atoms with Crippen LogP contribution >= 0.6 is 0 Å². The van der Waals surface area contributed by atoms with Crippen LogP contribution < -0.4 is 0 Å². The average Bonchev–Trinajstić information content (AvgIpc) is 2.65. The van der Waals surface area contributed by atoms with Crippen LogP contribution in [0.2, 0.25) is 0 Å². The Morgan fingerprint density at radius 2 is 2.27 bits per heavy atom. The summed E-state index contributed by atoms with van der Waals surface area (Å²) in [6.07, 6.45) is 0.175. The Balaban J connectivity index is 2.36. The van der Waals surface area contributed by atoms with E-state index >= 15 is 0 Å². The first-order chi connectivity index (χ1) is 7.04. The van der Waals surface area contributed by atoms with Crippen molar-refractivity contribution in [3.63, 3.8) is 0 Å². The van der Waals surface area contributed by atoms with Gasteiger partial charge in [-0.05, 0) is 12.3 Å². The van der Waals surface area contributed by atoms with Gasteiger partial charge in [0.05, 0.1) is 7.11 Å². The smallest absolute Gasteiger partial charge is 0.407 e. The van der Waals surface area contributed by atoms with Crippen LogP contribution in [0.4, 0.5) is 4.79 Å². The summed E-state index contributed by atoms with van der Waals surface area (Å²) in [5.74, 6) is 0.000869. The van der Waals surface area contributed by atoms with E-state index in [2.05, 4.69) is 0 Å². The van der Waals surface area contributed by atoms with Crippen molar-refractivity contribution in [3.05, 3.63) is 0 Å². The van der Waals surface area contributed by atoms with Gasteiger partial charge < -0.3 is 10.0 Å². The number of hydrogen-bond acceptors (Lipinski definition) is 3. The van der Waals surface area contributed by atoms with Crippen molar-refractivity contribution < 1.29 is 19.5 Å². The zero-order chi connectivity index (χ0) is 11.4. The van der Waals surface area contributed by atoms with Gasteiger partial charge in [-0.1, -0.05) is 0 Å². The van der Waals surface area contributed by atoms with E-state index in [-0.39, 0.29) is 11.8 Å². The molecule has 0 unspecified atom stereocenters. The summed E-state index contributed by atoms with van der Waals surface area (Å²) in [6, 6.07) is 0. The summed E-state index contributed by atoms with van der Waals surface area (Å²) in [6.45, 7) is 0.961. The fourth-order valence-corrected chi connectivity index (χ4v) is 1.65. The molecule has 0 aliphatic carbocycles. The van der Waals surface area contributed by atoms with Gasteiger partial charge in [-0.25, -0.2) is 9.86 Å². The first kappa shape index (κ1) is 11.8. The van der Waals surface area contributed by atoms with Crippen molar-refractivity contribution in [3.8, 4) is 0 Å². The predicted octanol–water partition coefficient (Wildman–Crippen LogP) is 0.396. The van der Waals surface area contributed by atoms with Gasteiger partial charge in [-0.3, -0.25) is 9.63 Å². The zero-order valence-corrected chi connectivity index (χ0v) is 8.97. The van der Waals surface area contributed by atoms with Crippen LogP contribution in [0.15, 0.2) is 0 Å². The highest BCUT2D eigenvalue weighted by Crippen LogP contribution is 2.20. The second kappa shape index (κ2) is 4.97. The first-order valence-corrected chi connectivity index (χ1v) is 4.83. The monoisotopic (exact) mass is 216 g/mol. The Morgan fingerprint density at radius 3 is 2.73 bits per heavy atom. The van der Waals surface area contributed by atoms with Crippen LogP contribution in [-0.2, 0) is 9.63 Å². The number of carbonyl (C=O) groups is 2. The molecule has 6 nitrogen and oxygen atoms in total. The van der Waals surface area contributed by atoms with Crippen LogP contribution in [-0.4, -0.2) is 54.3 Å². The lowest BCUT2D eigenvalue weighted by Gasteiger charge is -2.16. The quantitative estimate of drug-likeness (QED) is 0.693. The highest BCUT2D eigenvalue weighted by molar-refractivity contribution is 5.75. The van der Waals surface area contributed by atoms with E-state index in [0.717, 1.165) is 6.42 Å². The molecular weight excluding hydrogens is 200 g/mol. The van der Waals surface area contributed by atoms with Crippen molar-refractivity contribution in [2.75, 3.05) is 27.2 Å². The Labute approximate surface area is 88.4 Å². The fraction of sp³-hybridized carbons (Fsp3) is 0.778. The normalized spacial score (nSPS) is 20.4. The van der Waals surface area contributed by atoms with Gasteiger partial charge in [0.25, 0.3) is 0 Å². The minimum absolute atomic E-state index is 0.116. The third kappa shape index (κ3) is 3.09. The predicted molar refractivity (Wildman–Crippen MR) is 52.1 cm³/mol. The Hall–Kier alpha value is -1.30. The molecule has 1 N–H and O–H groups in total. The van der Waals surface area contributed by atoms with Crippen LogP contribution in [0.25, 0.3) is 0 Å². The third-order valence-corrected chi connectivity index (χ3v) is 2.64. The molecule has 0 saturated carbocycles. The number of likely N-dealkylation sites (tertiary alicyclic amines) is 1. The molecule has 1 atom stereocenters. The standard InChI is InChI=1S/C9H16N2O4/c1-10(15-2)8(12)5-7-3-4-11(6-7)9(13)14/h7H,3-6H2,1-2H3,(H,13,14)/t7-/m0/s1. The highest BCUT2D eigenvalue weighted by atomic mass is 16.7. The Kier molecular flexibility index (Phi) is 3.90. The fourth-order valence-electron chi connectivity index (χ4n) is 1.65. The van der Waals surface area contributed by atoms with Gasteiger partial charge in [-0.15, -0.1) is 0 Å². The van der Waals surface area contributed by atoms with E-state index in [4.69, 9.17) is 9.94 Å². The van der Waals surface area contributed by atoms with Crippen LogP contribution in [0, 0.1) is 5.92 Å². The van der Waals surface area contributed by atoms with Crippen molar-refractivity contribution >= 4 is 12.0 Å². The molecule has 0 radical (unpaired) electrons. The zero-order valence-electron chi connectivity index (χ0n) is 8.97. The molecule has 0 aromatic rings. The summed E-state index contributed by atoms with van der Waals surface area (Å²) in [4.78, 5) is 28.2. The highest BCUT2D eigenvalue weighted by Gasteiger charge is 2.28. The molecule has 1 saturated heterocycles. The largest absolute Gasteiger partial charge is 0.465 e. The van der Waals surface area contributed by atoms with E-state index in [9.17, 15) is 9.59 Å². The molecule has 15 heavy (non-hydrogen) atoms. The van der Waals surface area contributed by atoms with E-state index in [1.165, 1.54) is 17.1 Å². The molecule has 6 heteroatoms. The number of nitrogens with zero attached hydrogens (tertiary/aromatic N) is 2. The summed E-state index contributed by atoms with van der Waals surface area (Å²) in [5.41, 5.74) is 0. The van der Waals surface area contributed by atoms with Crippen molar-refractivity contribution in [2.24, 2.45) is 5.92 Å². The Morgan fingerprint density at radius 1 is 1.60 bits per heavy atom. The number of carboxylic acid groups (broad SMARTS) is 1. The van der Waals surface area contributed by atoms with Crippen LogP contribution in [0.3, 0.4) is 0 Å². The van der Waals surface area contributed by atoms with E-state index < -0.39 is 6.09 Å². The molecule has 2 amide bonds. The van der Waals surface area contributed by atoms with Crippen molar-refractivity contribution in [2.45, 2.75) is 12.8 Å².